The van der Waals surface area contributed by atoms with E-state index in [2.05, 4.69) is 5.10 Å². The van der Waals surface area contributed by atoms with Crippen LogP contribution in [0.15, 0.2) is 18.2 Å². The fourth-order valence-electron chi connectivity index (χ4n) is 3.47. The molecule has 1 aromatic carbocycles. The van der Waals surface area contributed by atoms with Crippen LogP contribution >= 0.6 is 0 Å². The van der Waals surface area contributed by atoms with Gasteiger partial charge in [0.2, 0.25) is 5.91 Å². The molecule has 0 atom stereocenters. The first-order valence-corrected chi connectivity index (χ1v) is 8.48. The van der Waals surface area contributed by atoms with Crippen molar-refractivity contribution >= 4 is 11.9 Å². The zero-order valence-corrected chi connectivity index (χ0v) is 14.9. The summed E-state index contributed by atoms with van der Waals surface area (Å²) in [6.45, 7) is 5.16. The van der Waals surface area contributed by atoms with Gasteiger partial charge in [0, 0.05) is 32.3 Å². The van der Waals surface area contributed by atoms with E-state index in [0.717, 1.165) is 34.5 Å². The number of amides is 1. The van der Waals surface area contributed by atoms with E-state index in [4.69, 9.17) is 5.11 Å². The van der Waals surface area contributed by atoms with E-state index >= 15 is 0 Å². The molecule has 0 unspecified atom stereocenters. The summed E-state index contributed by atoms with van der Waals surface area (Å²) in [6, 6.07) is 5.18. The molecule has 0 bridgehead atoms. The Balaban J connectivity index is 1.68. The summed E-state index contributed by atoms with van der Waals surface area (Å²) in [6.07, 6.45) is 1.90. The first-order chi connectivity index (χ1) is 11.9. The molecule has 0 saturated heterocycles. The van der Waals surface area contributed by atoms with Crippen LogP contribution < -0.4 is 0 Å². The molecule has 1 amide bonds. The summed E-state index contributed by atoms with van der Waals surface area (Å²) in [5, 5.41) is 13.5. The van der Waals surface area contributed by atoms with Crippen molar-refractivity contribution in [1.29, 1.82) is 0 Å². The smallest absolute Gasteiger partial charge is 0.335 e. The number of nitrogens with zero attached hydrogens (tertiary/aromatic N) is 3. The van der Waals surface area contributed by atoms with Gasteiger partial charge < -0.3 is 10.0 Å². The van der Waals surface area contributed by atoms with E-state index < -0.39 is 5.97 Å². The van der Waals surface area contributed by atoms with E-state index in [1.165, 1.54) is 0 Å². The van der Waals surface area contributed by atoms with Crippen LogP contribution in [0.2, 0.25) is 0 Å². The number of hydrogen-bond acceptors (Lipinski definition) is 3. The van der Waals surface area contributed by atoms with E-state index in [9.17, 15) is 9.59 Å². The number of benzene rings is 1. The van der Waals surface area contributed by atoms with Crippen LogP contribution in [-0.2, 0) is 31.2 Å². The fraction of sp³-hybridized carbons (Fsp3) is 0.421. The van der Waals surface area contributed by atoms with Crippen LogP contribution in [0.4, 0.5) is 0 Å². The van der Waals surface area contributed by atoms with Crippen molar-refractivity contribution in [2.75, 3.05) is 6.54 Å². The number of fused-ring (bicyclic) bond motifs is 1. The predicted molar refractivity (Wildman–Crippen MR) is 93.5 cm³/mol. The van der Waals surface area contributed by atoms with Gasteiger partial charge in [-0.15, -0.1) is 0 Å². The molecule has 132 valence electrons. The average molecular weight is 341 g/mol. The number of aromatic carboxylic acids is 1. The molecule has 2 aromatic rings. The maximum atomic E-state index is 12.6. The van der Waals surface area contributed by atoms with Gasteiger partial charge in [0.1, 0.15) is 0 Å². The Labute approximate surface area is 147 Å². The van der Waals surface area contributed by atoms with Gasteiger partial charge in [-0.05, 0) is 55.5 Å². The van der Waals surface area contributed by atoms with Crippen LogP contribution in [0.1, 0.15) is 44.9 Å². The second-order valence-corrected chi connectivity index (χ2v) is 6.63. The highest BCUT2D eigenvalue weighted by Crippen LogP contribution is 2.22. The van der Waals surface area contributed by atoms with Crippen LogP contribution in [0, 0.1) is 13.8 Å². The molecule has 1 aliphatic heterocycles. The number of carbonyl (C=O) groups is 2. The topological polar surface area (TPSA) is 75.4 Å². The van der Waals surface area contributed by atoms with Gasteiger partial charge in [-0.3, -0.25) is 9.48 Å². The molecular weight excluding hydrogens is 318 g/mol. The number of carboxylic acid groups (broad SMARTS) is 1. The SMILES string of the molecule is Cc1nn(C)c(C)c1CCC(=O)N1CCc2ccc(C(=O)O)cc2C1. The van der Waals surface area contributed by atoms with Gasteiger partial charge in [-0.25, -0.2) is 4.79 Å². The molecule has 0 aliphatic carbocycles. The Kier molecular flexibility index (Phi) is 4.61. The summed E-state index contributed by atoms with van der Waals surface area (Å²) < 4.78 is 1.85. The summed E-state index contributed by atoms with van der Waals surface area (Å²) >= 11 is 0. The first-order valence-electron chi connectivity index (χ1n) is 8.48. The molecule has 2 heterocycles. The summed E-state index contributed by atoms with van der Waals surface area (Å²) in [5.41, 5.74) is 5.56. The second kappa shape index (κ2) is 6.70. The van der Waals surface area contributed by atoms with E-state index in [-0.39, 0.29) is 11.5 Å². The Morgan fingerprint density at radius 3 is 2.64 bits per heavy atom. The van der Waals surface area contributed by atoms with Crippen LogP contribution in [0.5, 0.6) is 0 Å². The minimum Gasteiger partial charge on any atom is -0.478 e. The molecule has 6 heteroatoms. The molecule has 25 heavy (non-hydrogen) atoms. The lowest BCUT2D eigenvalue weighted by molar-refractivity contribution is -0.132. The van der Waals surface area contributed by atoms with Crippen molar-refractivity contribution in [3.05, 3.63) is 51.8 Å². The quantitative estimate of drug-likeness (QED) is 0.925. The fourth-order valence-corrected chi connectivity index (χ4v) is 3.47. The highest BCUT2D eigenvalue weighted by molar-refractivity contribution is 5.88. The van der Waals surface area contributed by atoms with Crippen molar-refractivity contribution < 1.29 is 14.7 Å². The Hall–Kier alpha value is -2.63. The monoisotopic (exact) mass is 341 g/mol. The second-order valence-electron chi connectivity index (χ2n) is 6.63. The summed E-state index contributed by atoms with van der Waals surface area (Å²) in [5.74, 6) is -0.831. The molecule has 0 spiro atoms. The summed E-state index contributed by atoms with van der Waals surface area (Å²) in [4.78, 5) is 25.6. The van der Waals surface area contributed by atoms with Crippen molar-refractivity contribution in [1.82, 2.24) is 14.7 Å². The lowest BCUT2D eigenvalue weighted by atomic mass is 9.97. The van der Waals surface area contributed by atoms with Gasteiger partial charge in [0.05, 0.1) is 11.3 Å². The number of carboxylic acids is 1. The molecule has 6 nitrogen and oxygen atoms in total. The van der Waals surface area contributed by atoms with Gasteiger partial charge in [-0.2, -0.15) is 5.10 Å². The van der Waals surface area contributed by atoms with Crippen molar-refractivity contribution in [3.63, 3.8) is 0 Å². The van der Waals surface area contributed by atoms with Crippen LogP contribution in [0.3, 0.4) is 0 Å². The van der Waals surface area contributed by atoms with Gasteiger partial charge in [0.25, 0.3) is 0 Å². The van der Waals surface area contributed by atoms with Crippen molar-refractivity contribution in [3.8, 4) is 0 Å². The molecule has 1 N–H and O–H groups in total. The number of carbonyl (C=O) groups excluding carboxylic acids is 1. The molecule has 0 fully saturated rings. The van der Waals surface area contributed by atoms with E-state index in [1.54, 1.807) is 12.1 Å². The predicted octanol–water partition coefficient (Wildman–Crippen LogP) is 2.25. The van der Waals surface area contributed by atoms with Crippen molar-refractivity contribution in [2.24, 2.45) is 7.05 Å². The Bertz CT molecular complexity index is 839. The third kappa shape index (κ3) is 3.43. The molecule has 1 aromatic heterocycles. The normalized spacial score (nSPS) is 13.6. The first kappa shape index (κ1) is 17.2. The largest absolute Gasteiger partial charge is 0.478 e. The van der Waals surface area contributed by atoms with Crippen LogP contribution in [-0.4, -0.2) is 38.2 Å². The van der Waals surface area contributed by atoms with Crippen molar-refractivity contribution in [2.45, 2.75) is 39.7 Å². The van der Waals surface area contributed by atoms with Gasteiger partial charge in [-0.1, -0.05) is 6.07 Å². The number of rotatable bonds is 4. The third-order valence-electron chi connectivity index (χ3n) is 5.07. The zero-order valence-electron chi connectivity index (χ0n) is 14.9. The van der Waals surface area contributed by atoms with Crippen LogP contribution in [0.25, 0.3) is 0 Å². The molecule has 0 saturated carbocycles. The van der Waals surface area contributed by atoms with Gasteiger partial charge in [0.15, 0.2) is 0 Å². The lowest BCUT2D eigenvalue weighted by Crippen LogP contribution is -2.36. The number of aryl methyl sites for hydroxylation is 2. The lowest BCUT2D eigenvalue weighted by Gasteiger charge is -2.29. The molecule has 0 radical (unpaired) electrons. The highest BCUT2D eigenvalue weighted by Gasteiger charge is 2.22. The Morgan fingerprint density at radius 1 is 1.24 bits per heavy atom. The number of hydrogen-bond donors (Lipinski definition) is 1. The average Bonchev–Trinajstić information content (AvgIpc) is 2.83. The maximum Gasteiger partial charge on any atom is 0.335 e. The minimum atomic E-state index is -0.936. The Morgan fingerprint density at radius 2 is 2.00 bits per heavy atom. The standard InChI is InChI=1S/C19H23N3O3/c1-12-17(13(2)21(3)20-12)6-7-18(23)22-9-8-14-4-5-15(19(24)25)10-16(14)11-22/h4-5,10H,6-9,11H2,1-3H3,(H,24,25). The number of aromatic nitrogens is 2. The molecular formula is C19H23N3O3. The van der Waals surface area contributed by atoms with E-state index in [1.807, 2.05) is 36.5 Å². The molecule has 1 aliphatic rings. The van der Waals surface area contributed by atoms with E-state index in [0.29, 0.717) is 25.9 Å². The van der Waals surface area contributed by atoms with Gasteiger partial charge >= 0.3 is 5.97 Å². The highest BCUT2D eigenvalue weighted by atomic mass is 16.4. The zero-order chi connectivity index (χ0) is 18.1. The minimum absolute atomic E-state index is 0.106. The maximum absolute atomic E-state index is 12.6. The third-order valence-corrected chi connectivity index (χ3v) is 5.07. The summed E-state index contributed by atoms with van der Waals surface area (Å²) in [7, 11) is 1.91. The molecule has 3 rings (SSSR count).